The van der Waals surface area contributed by atoms with E-state index < -0.39 is 12.0 Å². The van der Waals surface area contributed by atoms with Crippen LogP contribution in [-0.2, 0) is 23.0 Å². The molecule has 164 valence electrons. The van der Waals surface area contributed by atoms with E-state index in [1.807, 2.05) is 39.1 Å². The second-order valence-electron chi connectivity index (χ2n) is 7.98. The average molecular weight is 422 g/mol. The van der Waals surface area contributed by atoms with E-state index >= 15 is 0 Å². The SMILES string of the molecule is C=C(C)c1c(Cc2nn(C(CCC)C(=O)OCC)c(=O)c3ccccc23)cn(C)c1C. The lowest BCUT2D eigenvalue weighted by atomic mass is 9.99. The summed E-state index contributed by atoms with van der Waals surface area (Å²) in [4.78, 5) is 25.9. The summed E-state index contributed by atoms with van der Waals surface area (Å²) in [6.07, 6.45) is 3.84. The van der Waals surface area contributed by atoms with Gasteiger partial charge < -0.3 is 9.30 Å². The van der Waals surface area contributed by atoms with Gasteiger partial charge in [0, 0.05) is 36.3 Å². The highest BCUT2D eigenvalue weighted by Gasteiger charge is 2.25. The minimum absolute atomic E-state index is 0.263. The van der Waals surface area contributed by atoms with Crippen molar-refractivity contribution in [1.29, 1.82) is 0 Å². The highest BCUT2D eigenvalue weighted by Crippen LogP contribution is 2.27. The number of aromatic nitrogens is 3. The van der Waals surface area contributed by atoms with Gasteiger partial charge >= 0.3 is 5.97 Å². The van der Waals surface area contributed by atoms with Crippen molar-refractivity contribution in [3.8, 4) is 0 Å². The van der Waals surface area contributed by atoms with Crippen molar-refractivity contribution in [2.45, 2.75) is 53.0 Å². The molecule has 0 aliphatic carbocycles. The molecule has 0 spiro atoms. The molecular formula is C25H31N3O3. The van der Waals surface area contributed by atoms with E-state index in [0.717, 1.165) is 39.9 Å². The molecule has 1 atom stereocenters. The smallest absolute Gasteiger partial charge is 0.331 e. The van der Waals surface area contributed by atoms with E-state index in [0.29, 0.717) is 18.2 Å². The number of aryl methyl sites for hydroxylation is 1. The van der Waals surface area contributed by atoms with Gasteiger partial charge in [-0.15, -0.1) is 0 Å². The number of benzene rings is 1. The number of ether oxygens (including phenoxy) is 1. The Morgan fingerprint density at radius 2 is 1.90 bits per heavy atom. The van der Waals surface area contributed by atoms with Crippen LogP contribution in [0.15, 0.2) is 41.8 Å². The van der Waals surface area contributed by atoms with E-state index in [9.17, 15) is 9.59 Å². The maximum Gasteiger partial charge on any atom is 0.331 e. The Bertz CT molecular complexity index is 1190. The van der Waals surface area contributed by atoms with Gasteiger partial charge in [-0.3, -0.25) is 4.79 Å². The molecule has 0 N–H and O–H groups in total. The van der Waals surface area contributed by atoms with Crippen LogP contribution in [0.5, 0.6) is 0 Å². The quantitative estimate of drug-likeness (QED) is 0.500. The summed E-state index contributed by atoms with van der Waals surface area (Å²) in [5, 5.41) is 6.08. The van der Waals surface area contributed by atoms with Gasteiger partial charge in [-0.1, -0.05) is 38.1 Å². The molecule has 0 bridgehead atoms. The van der Waals surface area contributed by atoms with Crippen LogP contribution in [0, 0.1) is 6.92 Å². The van der Waals surface area contributed by atoms with Crippen molar-refractivity contribution >= 4 is 22.3 Å². The van der Waals surface area contributed by atoms with Crippen LogP contribution in [-0.4, -0.2) is 26.9 Å². The number of carbonyl (C=O) groups excluding carboxylic acids is 1. The summed E-state index contributed by atoms with van der Waals surface area (Å²) in [5.74, 6) is -0.418. The monoisotopic (exact) mass is 421 g/mol. The number of fused-ring (bicyclic) bond motifs is 1. The molecule has 1 unspecified atom stereocenters. The highest BCUT2D eigenvalue weighted by molar-refractivity contribution is 5.84. The number of hydrogen-bond donors (Lipinski definition) is 0. The maximum atomic E-state index is 13.3. The summed E-state index contributed by atoms with van der Waals surface area (Å²) < 4.78 is 8.66. The predicted molar refractivity (Wildman–Crippen MR) is 124 cm³/mol. The third-order valence-corrected chi connectivity index (χ3v) is 5.67. The molecule has 6 heteroatoms. The van der Waals surface area contributed by atoms with Crippen LogP contribution in [0.1, 0.15) is 62.2 Å². The van der Waals surface area contributed by atoms with Gasteiger partial charge in [0.1, 0.15) is 0 Å². The van der Waals surface area contributed by atoms with Crippen molar-refractivity contribution in [3.05, 3.63) is 69.9 Å². The zero-order chi connectivity index (χ0) is 22.7. The fourth-order valence-electron chi connectivity index (χ4n) is 4.17. The molecule has 0 saturated heterocycles. The second-order valence-corrected chi connectivity index (χ2v) is 7.98. The Balaban J connectivity index is 2.22. The Morgan fingerprint density at radius 3 is 2.52 bits per heavy atom. The van der Waals surface area contributed by atoms with E-state index in [1.165, 1.54) is 4.68 Å². The first kappa shape index (κ1) is 22.5. The predicted octanol–water partition coefficient (Wildman–Crippen LogP) is 4.57. The minimum atomic E-state index is -0.737. The zero-order valence-electron chi connectivity index (χ0n) is 19.1. The molecule has 6 nitrogen and oxygen atoms in total. The lowest BCUT2D eigenvalue weighted by molar-refractivity contribution is -0.147. The molecule has 1 aromatic carbocycles. The molecule has 0 fully saturated rings. The molecule has 31 heavy (non-hydrogen) atoms. The Morgan fingerprint density at radius 1 is 1.23 bits per heavy atom. The summed E-state index contributed by atoms with van der Waals surface area (Å²) in [6, 6.07) is 6.71. The molecule has 0 aliphatic heterocycles. The lowest BCUT2D eigenvalue weighted by Gasteiger charge is -2.19. The number of allylic oxidation sites excluding steroid dienone is 1. The van der Waals surface area contributed by atoms with Gasteiger partial charge in [0.2, 0.25) is 0 Å². The van der Waals surface area contributed by atoms with E-state index in [4.69, 9.17) is 9.84 Å². The van der Waals surface area contributed by atoms with Crippen molar-refractivity contribution in [3.63, 3.8) is 0 Å². The van der Waals surface area contributed by atoms with Crippen LogP contribution in [0.2, 0.25) is 0 Å². The minimum Gasteiger partial charge on any atom is -0.464 e. The standard InChI is InChI=1S/C25H31N3O3/c1-7-11-22(25(30)31-8-2)28-24(29)20-13-10-9-12-19(20)21(26-28)14-18-15-27(6)17(5)23(18)16(3)4/h9-10,12-13,15,22H,3,7-8,11,14H2,1-2,4-6H3. The zero-order valence-corrected chi connectivity index (χ0v) is 19.1. The third-order valence-electron chi connectivity index (χ3n) is 5.67. The summed E-state index contributed by atoms with van der Waals surface area (Å²) in [5.41, 5.74) is 4.82. The summed E-state index contributed by atoms with van der Waals surface area (Å²) >= 11 is 0. The average Bonchev–Trinajstić information content (AvgIpc) is 3.02. The Hall–Kier alpha value is -3.15. The van der Waals surface area contributed by atoms with Crippen molar-refractivity contribution < 1.29 is 9.53 Å². The van der Waals surface area contributed by atoms with Crippen LogP contribution < -0.4 is 5.56 Å². The van der Waals surface area contributed by atoms with Crippen molar-refractivity contribution in [1.82, 2.24) is 14.3 Å². The van der Waals surface area contributed by atoms with Gasteiger partial charge in [0.05, 0.1) is 17.7 Å². The Labute approximate surface area is 183 Å². The van der Waals surface area contributed by atoms with Gasteiger partial charge in [0.15, 0.2) is 6.04 Å². The number of hydrogen-bond acceptors (Lipinski definition) is 4. The highest BCUT2D eigenvalue weighted by atomic mass is 16.5. The topological polar surface area (TPSA) is 66.1 Å². The third kappa shape index (κ3) is 4.33. The van der Waals surface area contributed by atoms with Gasteiger partial charge in [-0.2, -0.15) is 5.10 Å². The normalized spacial score (nSPS) is 12.2. The molecular weight excluding hydrogens is 390 g/mol. The summed E-state index contributed by atoms with van der Waals surface area (Å²) in [7, 11) is 2.01. The lowest BCUT2D eigenvalue weighted by Crippen LogP contribution is -2.34. The number of nitrogens with zero attached hydrogens (tertiary/aromatic N) is 3. The van der Waals surface area contributed by atoms with E-state index in [-0.39, 0.29) is 12.2 Å². The first-order chi connectivity index (χ1) is 14.8. The molecule has 3 aromatic rings. The number of carbonyl (C=O) groups is 1. The van der Waals surface area contributed by atoms with Crippen LogP contribution in [0.3, 0.4) is 0 Å². The van der Waals surface area contributed by atoms with Crippen molar-refractivity contribution in [2.75, 3.05) is 6.61 Å². The van der Waals surface area contributed by atoms with Crippen LogP contribution in [0.25, 0.3) is 16.3 Å². The second kappa shape index (κ2) is 9.33. The first-order valence-electron chi connectivity index (χ1n) is 10.8. The molecule has 0 saturated carbocycles. The molecule has 3 rings (SSSR count). The molecule has 2 heterocycles. The number of esters is 1. The van der Waals surface area contributed by atoms with E-state index in [2.05, 4.69) is 24.3 Å². The molecule has 0 radical (unpaired) electrons. The van der Waals surface area contributed by atoms with E-state index in [1.54, 1.807) is 13.0 Å². The maximum absolute atomic E-state index is 13.3. The number of rotatable bonds is 8. The molecule has 0 aliphatic rings. The fraction of sp³-hybridized carbons (Fsp3) is 0.400. The van der Waals surface area contributed by atoms with Gasteiger partial charge in [-0.25, -0.2) is 9.48 Å². The fourth-order valence-corrected chi connectivity index (χ4v) is 4.17. The molecule has 2 aromatic heterocycles. The van der Waals surface area contributed by atoms with Crippen LogP contribution >= 0.6 is 0 Å². The van der Waals surface area contributed by atoms with Gasteiger partial charge in [-0.05, 0) is 44.4 Å². The summed E-state index contributed by atoms with van der Waals surface area (Å²) in [6.45, 7) is 12.2. The Kier molecular flexibility index (Phi) is 6.78. The van der Waals surface area contributed by atoms with Crippen molar-refractivity contribution in [2.24, 2.45) is 7.05 Å². The largest absolute Gasteiger partial charge is 0.464 e. The first-order valence-corrected chi connectivity index (χ1v) is 10.8. The molecule has 0 amide bonds. The van der Waals surface area contributed by atoms with Gasteiger partial charge in [0.25, 0.3) is 5.56 Å². The van der Waals surface area contributed by atoms with Crippen LogP contribution in [0.4, 0.5) is 0 Å².